The zero-order valence-electron chi connectivity index (χ0n) is 14.5. The van der Waals surface area contributed by atoms with Gasteiger partial charge in [0, 0.05) is 38.7 Å². The van der Waals surface area contributed by atoms with Crippen molar-refractivity contribution in [1.82, 2.24) is 15.6 Å². The SMILES string of the molecule is CNC(=O)NCc1ccnc(OC(F)F)c1.FC1(F)CC2CCC(C2)C1. The van der Waals surface area contributed by atoms with E-state index in [9.17, 15) is 22.4 Å². The first-order chi connectivity index (χ1) is 12.3. The summed E-state index contributed by atoms with van der Waals surface area (Å²) in [6.07, 6.45) is 4.86. The number of hydrogen-bond acceptors (Lipinski definition) is 3. The number of amides is 2. The molecule has 0 saturated heterocycles. The quantitative estimate of drug-likeness (QED) is 0.781. The number of carbonyl (C=O) groups is 1. The predicted octanol–water partition coefficient (Wildman–Crippen LogP) is 3.94. The highest BCUT2D eigenvalue weighted by Crippen LogP contribution is 2.48. The largest absolute Gasteiger partial charge is 0.417 e. The van der Waals surface area contributed by atoms with Crippen LogP contribution in [-0.2, 0) is 6.54 Å². The van der Waals surface area contributed by atoms with Crippen LogP contribution in [0.15, 0.2) is 18.3 Å². The van der Waals surface area contributed by atoms with E-state index in [0.29, 0.717) is 17.4 Å². The molecule has 2 atom stereocenters. The van der Waals surface area contributed by atoms with Crippen molar-refractivity contribution in [2.75, 3.05) is 7.05 Å². The minimum absolute atomic E-state index is 0.170. The van der Waals surface area contributed by atoms with E-state index >= 15 is 0 Å². The van der Waals surface area contributed by atoms with Crippen LogP contribution in [0.4, 0.5) is 22.4 Å². The molecule has 2 fully saturated rings. The smallest absolute Gasteiger partial charge is 0.388 e. The lowest BCUT2D eigenvalue weighted by Gasteiger charge is -2.26. The van der Waals surface area contributed by atoms with E-state index in [-0.39, 0.29) is 31.3 Å². The highest BCUT2D eigenvalue weighted by atomic mass is 19.3. The highest BCUT2D eigenvalue weighted by molar-refractivity contribution is 5.73. The molecule has 2 bridgehead atoms. The molecule has 0 radical (unpaired) electrons. The zero-order valence-corrected chi connectivity index (χ0v) is 14.5. The number of hydrogen-bond donors (Lipinski definition) is 2. The van der Waals surface area contributed by atoms with Gasteiger partial charge in [-0.05, 0) is 42.7 Å². The molecule has 2 aliphatic carbocycles. The monoisotopic (exact) mass is 377 g/mol. The van der Waals surface area contributed by atoms with Crippen molar-refractivity contribution >= 4 is 6.03 Å². The second kappa shape index (κ2) is 9.05. The Kier molecular flexibility index (Phi) is 7.05. The lowest BCUT2D eigenvalue weighted by molar-refractivity contribution is -0.0566. The molecular weight excluding hydrogens is 354 g/mol. The van der Waals surface area contributed by atoms with Crippen molar-refractivity contribution in [3.8, 4) is 5.88 Å². The third-order valence-corrected chi connectivity index (χ3v) is 4.51. The molecule has 5 nitrogen and oxygen atoms in total. The van der Waals surface area contributed by atoms with Crippen LogP contribution in [0, 0.1) is 11.8 Å². The number of nitrogens with zero attached hydrogens (tertiary/aromatic N) is 1. The van der Waals surface area contributed by atoms with Gasteiger partial charge in [-0.2, -0.15) is 8.78 Å². The van der Waals surface area contributed by atoms with Crippen molar-refractivity contribution < 1.29 is 27.1 Å². The van der Waals surface area contributed by atoms with Gasteiger partial charge in [-0.1, -0.05) is 0 Å². The summed E-state index contributed by atoms with van der Waals surface area (Å²) in [7, 11) is 1.48. The molecule has 3 rings (SSSR count). The van der Waals surface area contributed by atoms with Crippen LogP contribution in [0.3, 0.4) is 0 Å². The fourth-order valence-electron chi connectivity index (χ4n) is 3.46. The molecule has 2 N–H and O–H groups in total. The summed E-state index contributed by atoms with van der Waals surface area (Å²) in [5.74, 6) is -1.78. The van der Waals surface area contributed by atoms with E-state index in [1.165, 1.54) is 19.3 Å². The van der Waals surface area contributed by atoms with Crippen LogP contribution < -0.4 is 15.4 Å². The minimum atomic E-state index is -2.91. The van der Waals surface area contributed by atoms with Gasteiger partial charge in [0.1, 0.15) is 0 Å². The van der Waals surface area contributed by atoms with Crippen molar-refractivity contribution in [2.24, 2.45) is 11.8 Å². The van der Waals surface area contributed by atoms with Crippen LogP contribution in [0.25, 0.3) is 0 Å². The Morgan fingerprint density at radius 2 is 2.00 bits per heavy atom. The first kappa shape index (κ1) is 20.3. The number of nitrogens with one attached hydrogen (secondary N) is 2. The van der Waals surface area contributed by atoms with E-state index in [1.54, 1.807) is 6.07 Å². The molecule has 2 aliphatic rings. The predicted molar refractivity (Wildman–Crippen MR) is 87.2 cm³/mol. The van der Waals surface area contributed by atoms with Crippen molar-refractivity contribution in [2.45, 2.75) is 51.2 Å². The van der Waals surface area contributed by atoms with E-state index in [0.717, 1.165) is 19.3 Å². The summed E-state index contributed by atoms with van der Waals surface area (Å²) in [6.45, 7) is -2.70. The molecule has 1 aromatic heterocycles. The van der Waals surface area contributed by atoms with E-state index in [4.69, 9.17) is 0 Å². The Morgan fingerprint density at radius 1 is 1.35 bits per heavy atom. The number of rotatable bonds is 4. The normalized spacial score (nSPS) is 23.0. The maximum atomic E-state index is 12.7. The first-order valence-electron chi connectivity index (χ1n) is 8.50. The second-order valence-electron chi connectivity index (χ2n) is 6.62. The molecule has 9 heteroatoms. The lowest BCUT2D eigenvalue weighted by Crippen LogP contribution is -2.32. The van der Waals surface area contributed by atoms with Gasteiger partial charge < -0.3 is 15.4 Å². The van der Waals surface area contributed by atoms with Gasteiger partial charge in [0.25, 0.3) is 0 Å². The Morgan fingerprint density at radius 3 is 2.58 bits per heavy atom. The Balaban J connectivity index is 0.000000206. The highest BCUT2D eigenvalue weighted by Gasteiger charge is 2.44. The van der Waals surface area contributed by atoms with Crippen molar-refractivity contribution in [1.29, 1.82) is 0 Å². The van der Waals surface area contributed by atoms with Gasteiger partial charge in [-0.15, -0.1) is 0 Å². The molecular formula is C17H23F4N3O2. The van der Waals surface area contributed by atoms with Crippen LogP contribution in [-0.4, -0.2) is 30.6 Å². The van der Waals surface area contributed by atoms with Gasteiger partial charge in [0.15, 0.2) is 0 Å². The molecule has 1 aromatic rings. The molecule has 0 spiro atoms. The molecule has 2 unspecified atom stereocenters. The molecule has 2 amide bonds. The van der Waals surface area contributed by atoms with E-state index < -0.39 is 12.5 Å². The van der Waals surface area contributed by atoms with Crippen LogP contribution in [0.5, 0.6) is 5.88 Å². The third-order valence-electron chi connectivity index (χ3n) is 4.51. The van der Waals surface area contributed by atoms with Gasteiger partial charge in [-0.3, -0.25) is 0 Å². The number of fused-ring (bicyclic) bond motifs is 2. The molecule has 146 valence electrons. The van der Waals surface area contributed by atoms with Crippen LogP contribution in [0.1, 0.15) is 37.7 Å². The Labute approximate surface area is 149 Å². The van der Waals surface area contributed by atoms with E-state index in [2.05, 4.69) is 20.4 Å². The van der Waals surface area contributed by atoms with E-state index in [1.807, 2.05) is 0 Å². The van der Waals surface area contributed by atoms with Gasteiger partial charge >= 0.3 is 12.6 Å². The number of alkyl halides is 4. The average Bonchev–Trinajstić information content (AvgIpc) is 2.91. The number of ether oxygens (including phenoxy) is 1. The molecule has 1 heterocycles. The molecule has 26 heavy (non-hydrogen) atoms. The number of carbonyl (C=O) groups excluding carboxylic acids is 1. The Hall–Kier alpha value is -2.06. The number of halogens is 4. The summed E-state index contributed by atoms with van der Waals surface area (Å²) < 4.78 is 53.4. The number of urea groups is 1. The molecule has 2 saturated carbocycles. The van der Waals surface area contributed by atoms with Crippen molar-refractivity contribution in [3.05, 3.63) is 23.9 Å². The minimum Gasteiger partial charge on any atom is -0.417 e. The fourth-order valence-corrected chi connectivity index (χ4v) is 3.46. The maximum absolute atomic E-state index is 12.7. The zero-order chi connectivity index (χ0) is 19.2. The molecule has 0 aliphatic heterocycles. The lowest BCUT2D eigenvalue weighted by atomic mass is 9.86. The average molecular weight is 377 g/mol. The van der Waals surface area contributed by atoms with Gasteiger partial charge in [0.05, 0.1) is 0 Å². The Bertz CT molecular complexity index is 587. The fraction of sp³-hybridized carbons (Fsp3) is 0.647. The summed E-state index contributed by atoms with van der Waals surface area (Å²) >= 11 is 0. The first-order valence-corrected chi connectivity index (χ1v) is 8.50. The van der Waals surface area contributed by atoms with Crippen LogP contribution in [0.2, 0.25) is 0 Å². The second-order valence-corrected chi connectivity index (χ2v) is 6.62. The van der Waals surface area contributed by atoms with Crippen molar-refractivity contribution in [3.63, 3.8) is 0 Å². The summed E-state index contributed by atoms with van der Waals surface area (Å²) in [4.78, 5) is 14.5. The standard InChI is InChI=1S/C9H11F2N3O2.C8H12F2/c1-12-9(15)14-5-6-2-3-13-7(4-6)16-8(10)11;9-8(10)4-6-1-2-7(3-6)5-8/h2-4,8H,5H2,1H3,(H2,12,14,15);6-7H,1-5H2. The molecule has 0 aromatic carbocycles. The van der Waals surface area contributed by atoms with Crippen LogP contribution >= 0.6 is 0 Å². The topological polar surface area (TPSA) is 63.2 Å². The maximum Gasteiger partial charge on any atom is 0.388 e. The van der Waals surface area contributed by atoms with Gasteiger partial charge in [-0.25, -0.2) is 18.6 Å². The summed E-state index contributed by atoms with van der Waals surface area (Å²) in [5, 5.41) is 4.87. The summed E-state index contributed by atoms with van der Waals surface area (Å²) in [5.41, 5.74) is 0.620. The number of aromatic nitrogens is 1. The number of pyridine rings is 1. The summed E-state index contributed by atoms with van der Waals surface area (Å²) in [6, 6.07) is 2.57. The van der Waals surface area contributed by atoms with Gasteiger partial charge in [0.2, 0.25) is 11.8 Å². The third kappa shape index (κ3) is 6.68.